The zero-order valence-corrected chi connectivity index (χ0v) is 6.00. The van der Waals surface area contributed by atoms with Gasteiger partial charge in [-0.25, -0.2) is 0 Å². The van der Waals surface area contributed by atoms with Gasteiger partial charge in [-0.2, -0.15) is 13.2 Å². The first kappa shape index (κ1) is 9.75. The fourth-order valence-corrected chi connectivity index (χ4v) is 0.629. The molecule has 0 fully saturated rings. The van der Waals surface area contributed by atoms with Gasteiger partial charge in [0.05, 0.1) is 0 Å². The molecule has 0 amide bonds. The number of halogens is 3. The van der Waals surface area contributed by atoms with Crippen LogP contribution in [0, 0.1) is 0 Å². The van der Waals surface area contributed by atoms with Crippen LogP contribution in [0.5, 0.6) is 0 Å². The molecule has 0 saturated carbocycles. The number of aliphatic hydroxyl groups is 1. The van der Waals surface area contributed by atoms with E-state index in [2.05, 4.69) is 0 Å². The van der Waals surface area contributed by atoms with Crippen LogP contribution in [0.25, 0.3) is 0 Å². The summed E-state index contributed by atoms with van der Waals surface area (Å²) in [7, 11) is 0. The van der Waals surface area contributed by atoms with Crippen molar-refractivity contribution in [2.75, 3.05) is 0 Å². The van der Waals surface area contributed by atoms with E-state index in [1.807, 2.05) is 0 Å². The maximum atomic E-state index is 11.8. The van der Waals surface area contributed by atoms with Crippen molar-refractivity contribution in [2.45, 2.75) is 38.5 Å². The van der Waals surface area contributed by atoms with E-state index in [0.29, 0.717) is 6.42 Å². The summed E-state index contributed by atoms with van der Waals surface area (Å²) in [4.78, 5) is 0. The van der Waals surface area contributed by atoms with Crippen LogP contribution in [-0.2, 0) is 0 Å². The van der Waals surface area contributed by atoms with Crippen LogP contribution in [0.4, 0.5) is 13.2 Å². The monoisotopic (exact) mass is 156 g/mol. The van der Waals surface area contributed by atoms with E-state index in [4.69, 9.17) is 5.11 Å². The summed E-state index contributed by atoms with van der Waals surface area (Å²) >= 11 is 0. The summed E-state index contributed by atoms with van der Waals surface area (Å²) in [6.45, 7) is 2.39. The van der Waals surface area contributed by atoms with E-state index >= 15 is 0 Å². The van der Waals surface area contributed by atoms with Crippen molar-refractivity contribution in [3.05, 3.63) is 0 Å². The zero-order valence-electron chi connectivity index (χ0n) is 6.00. The Balaban J connectivity index is 4.10. The normalized spacial score (nSPS) is 18.6. The molecule has 1 atom stereocenters. The Bertz CT molecular complexity index is 106. The molecule has 1 N–H and O–H groups in total. The fraction of sp³-hybridized carbons (Fsp3) is 1.00. The van der Waals surface area contributed by atoms with E-state index in [9.17, 15) is 13.2 Å². The molecule has 0 radical (unpaired) electrons. The topological polar surface area (TPSA) is 20.2 Å². The van der Waals surface area contributed by atoms with Gasteiger partial charge in [0, 0.05) is 0 Å². The number of alkyl halides is 3. The lowest BCUT2D eigenvalue weighted by Crippen LogP contribution is -2.41. The maximum absolute atomic E-state index is 11.8. The highest BCUT2D eigenvalue weighted by atomic mass is 19.4. The molecular formula is C6H11F3O. The fourth-order valence-electron chi connectivity index (χ4n) is 0.629. The minimum atomic E-state index is -4.50. The van der Waals surface area contributed by atoms with E-state index in [-0.39, 0.29) is 6.42 Å². The molecule has 10 heavy (non-hydrogen) atoms. The van der Waals surface area contributed by atoms with Crippen molar-refractivity contribution in [1.82, 2.24) is 0 Å². The molecular weight excluding hydrogens is 145 g/mol. The molecule has 0 aliphatic carbocycles. The maximum Gasteiger partial charge on any atom is 0.416 e. The van der Waals surface area contributed by atoms with Crippen LogP contribution in [0.2, 0.25) is 0 Å². The van der Waals surface area contributed by atoms with Gasteiger partial charge >= 0.3 is 6.18 Å². The summed E-state index contributed by atoms with van der Waals surface area (Å²) in [5.41, 5.74) is -2.51. The number of rotatable bonds is 2. The molecule has 4 heteroatoms. The molecule has 0 spiro atoms. The summed E-state index contributed by atoms with van der Waals surface area (Å²) in [6.07, 6.45) is -4.41. The Kier molecular flexibility index (Phi) is 2.71. The largest absolute Gasteiger partial charge is 0.416 e. The van der Waals surface area contributed by atoms with Gasteiger partial charge in [0.2, 0.25) is 0 Å². The summed E-state index contributed by atoms with van der Waals surface area (Å²) < 4.78 is 35.3. The molecule has 0 aromatic rings. The Morgan fingerprint density at radius 3 is 1.80 bits per heavy atom. The Labute approximate surface area is 57.9 Å². The average Bonchev–Trinajstić information content (AvgIpc) is 1.61. The van der Waals surface area contributed by atoms with E-state index < -0.39 is 11.8 Å². The van der Waals surface area contributed by atoms with Gasteiger partial charge < -0.3 is 5.11 Å². The molecule has 0 aliphatic heterocycles. The van der Waals surface area contributed by atoms with Crippen molar-refractivity contribution in [2.24, 2.45) is 0 Å². The second-order valence-corrected chi connectivity index (χ2v) is 2.52. The molecule has 0 bridgehead atoms. The van der Waals surface area contributed by atoms with E-state index in [1.54, 1.807) is 6.92 Å². The van der Waals surface area contributed by atoms with Crippen molar-refractivity contribution < 1.29 is 18.3 Å². The third-order valence-corrected chi connectivity index (χ3v) is 1.35. The third-order valence-electron chi connectivity index (χ3n) is 1.35. The SMILES string of the molecule is CCCC(C)(O)C(F)(F)F. The first-order valence-corrected chi connectivity index (χ1v) is 3.10. The molecule has 1 unspecified atom stereocenters. The Hall–Kier alpha value is -0.250. The van der Waals surface area contributed by atoms with Crippen LogP contribution in [0.3, 0.4) is 0 Å². The van der Waals surface area contributed by atoms with Gasteiger partial charge in [-0.15, -0.1) is 0 Å². The van der Waals surface area contributed by atoms with Crippen LogP contribution in [0.15, 0.2) is 0 Å². The lowest BCUT2D eigenvalue weighted by Gasteiger charge is -2.25. The predicted octanol–water partition coefficient (Wildman–Crippen LogP) is 2.10. The number of hydrogen-bond donors (Lipinski definition) is 1. The van der Waals surface area contributed by atoms with E-state index in [1.165, 1.54) is 0 Å². The highest BCUT2D eigenvalue weighted by Gasteiger charge is 2.48. The highest BCUT2D eigenvalue weighted by Crippen LogP contribution is 2.33. The first-order valence-electron chi connectivity index (χ1n) is 3.10. The second-order valence-electron chi connectivity index (χ2n) is 2.52. The number of hydrogen-bond acceptors (Lipinski definition) is 1. The zero-order chi connectivity index (χ0) is 8.41. The van der Waals surface area contributed by atoms with E-state index in [0.717, 1.165) is 6.92 Å². The van der Waals surface area contributed by atoms with Crippen LogP contribution >= 0.6 is 0 Å². The summed E-state index contributed by atoms with van der Waals surface area (Å²) in [5.74, 6) is 0. The molecule has 0 rings (SSSR count). The highest BCUT2D eigenvalue weighted by molar-refractivity contribution is 4.80. The Morgan fingerprint density at radius 2 is 1.70 bits per heavy atom. The first-order chi connectivity index (χ1) is 4.31. The molecule has 0 saturated heterocycles. The average molecular weight is 156 g/mol. The molecule has 0 aromatic heterocycles. The third kappa shape index (κ3) is 2.17. The van der Waals surface area contributed by atoms with Crippen LogP contribution in [-0.4, -0.2) is 16.9 Å². The van der Waals surface area contributed by atoms with Gasteiger partial charge in [0.25, 0.3) is 0 Å². The standard InChI is InChI=1S/C6H11F3O/c1-3-4-5(2,10)6(7,8)9/h10H,3-4H2,1-2H3. The molecule has 0 heterocycles. The van der Waals surface area contributed by atoms with Gasteiger partial charge in [-0.05, 0) is 13.3 Å². The van der Waals surface area contributed by atoms with Crippen molar-refractivity contribution >= 4 is 0 Å². The summed E-state index contributed by atoms with van der Waals surface area (Å²) in [5, 5.41) is 8.73. The van der Waals surface area contributed by atoms with Gasteiger partial charge in [0.15, 0.2) is 5.60 Å². The predicted molar refractivity (Wildman–Crippen MR) is 31.6 cm³/mol. The van der Waals surface area contributed by atoms with Crippen molar-refractivity contribution in [1.29, 1.82) is 0 Å². The van der Waals surface area contributed by atoms with Crippen molar-refractivity contribution in [3.63, 3.8) is 0 Å². The van der Waals surface area contributed by atoms with Gasteiger partial charge in [-0.1, -0.05) is 13.3 Å². The van der Waals surface area contributed by atoms with Crippen molar-refractivity contribution in [3.8, 4) is 0 Å². The smallest absolute Gasteiger partial charge is 0.381 e. The second kappa shape index (κ2) is 2.78. The van der Waals surface area contributed by atoms with Gasteiger partial charge in [-0.3, -0.25) is 0 Å². The minimum absolute atomic E-state index is 0.240. The Morgan fingerprint density at radius 1 is 1.30 bits per heavy atom. The molecule has 62 valence electrons. The quantitative estimate of drug-likeness (QED) is 0.649. The lowest BCUT2D eigenvalue weighted by molar-refractivity contribution is -0.255. The van der Waals surface area contributed by atoms with Crippen LogP contribution in [0.1, 0.15) is 26.7 Å². The molecule has 0 aromatic carbocycles. The molecule has 0 aliphatic rings. The lowest BCUT2D eigenvalue weighted by atomic mass is 10.0. The molecule has 1 nitrogen and oxygen atoms in total. The minimum Gasteiger partial charge on any atom is -0.381 e. The van der Waals surface area contributed by atoms with Crippen LogP contribution < -0.4 is 0 Å². The summed E-state index contributed by atoms with van der Waals surface area (Å²) in [6, 6.07) is 0. The van der Waals surface area contributed by atoms with Gasteiger partial charge in [0.1, 0.15) is 0 Å².